The highest BCUT2D eigenvalue weighted by atomic mass is 32.2. The van der Waals surface area contributed by atoms with Crippen molar-refractivity contribution in [1.82, 2.24) is 0 Å². The van der Waals surface area contributed by atoms with Crippen molar-refractivity contribution in [1.29, 1.82) is 0 Å². The van der Waals surface area contributed by atoms with Crippen LogP contribution in [0.4, 0.5) is 5.69 Å². The molecule has 5 nitrogen and oxygen atoms in total. The number of aryl methyl sites for hydroxylation is 1. The Bertz CT molecular complexity index is 1100. The third-order valence-electron chi connectivity index (χ3n) is 5.70. The van der Waals surface area contributed by atoms with Gasteiger partial charge in [-0.1, -0.05) is 48.0 Å². The minimum Gasteiger partial charge on any atom is -0.497 e. The van der Waals surface area contributed by atoms with Gasteiger partial charge in [0, 0.05) is 10.6 Å². The summed E-state index contributed by atoms with van der Waals surface area (Å²) in [4.78, 5) is 29.5. The molecule has 2 atom stereocenters. The van der Waals surface area contributed by atoms with Crippen molar-refractivity contribution in [3.63, 3.8) is 0 Å². The number of benzene rings is 3. The van der Waals surface area contributed by atoms with Crippen molar-refractivity contribution in [2.75, 3.05) is 19.1 Å². The lowest BCUT2D eigenvalue weighted by Gasteiger charge is -2.35. The SMILES string of the molecule is COC(=O)[C@@]1(Sc2ccc(C)cc2)CC(=O)N(c2ccc(OC)cc2)[C@@H]1c1ccccc1. The summed E-state index contributed by atoms with van der Waals surface area (Å²) in [7, 11) is 2.98. The molecule has 6 heteroatoms. The van der Waals surface area contributed by atoms with Gasteiger partial charge in [0.2, 0.25) is 5.91 Å². The van der Waals surface area contributed by atoms with Crippen LogP contribution in [0.5, 0.6) is 5.75 Å². The lowest BCUT2D eigenvalue weighted by molar-refractivity contribution is -0.144. The molecule has 32 heavy (non-hydrogen) atoms. The summed E-state index contributed by atoms with van der Waals surface area (Å²) >= 11 is 1.39. The molecule has 0 bridgehead atoms. The maximum atomic E-state index is 13.5. The van der Waals surface area contributed by atoms with Crippen molar-refractivity contribution < 1.29 is 19.1 Å². The van der Waals surface area contributed by atoms with Crippen molar-refractivity contribution in [3.05, 3.63) is 90.0 Å². The van der Waals surface area contributed by atoms with Crippen molar-refractivity contribution in [3.8, 4) is 5.75 Å². The van der Waals surface area contributed by atoms with Gasteiger partial charge in [-0.2, -0.15) is 0 Å². The monoisotopic (exact) mass is 447 g/mol. The van der Waals surface area contributed by atoms with Gasteiger partial charge in [-0.15, -0.1) is 11.8 Å². The minimum atomic E-state index is -1.14. The highest BCUT2D eigenvalue weighted by Gasteiger charge is 2.59. The number of nitrogens with zero attached hydrogens (tertiary/aromatic N) is 1. The molecular weight excluding hydrogens is 422 g/mol. The molecular formula is C26H25NO4S. The molecule has 1 heterocycles. The molecule has 0 unspecified atom stereocenters. The standard InChI is InChI=1S/C26H25NO4S/c1-18-9-15-22(16-10-18)32-26(25(29)31-3)17-23(28)27(20-11-13-21(30-2)14-12-20)24(26)19-7-5-4-6-8-19/h4-16,24H,17H2,1-3H3/t24-,26-/m1/s1. The van der Waals surface area contributed by atoms with E-state index in [1.807, 2.05) is 85.8 Å². The van der Waals surface area contributed by atoms with E-state index in [0.29, 0.717) is 11.4 Å². The highest BCUT2D eigenvalue weighted by Crippen LogP contribution is 2.54. The van der Waals surface area contributed by atoms with E-state index < -0.39 is 16.8 Å². The van der Waals surface area contributed by atoms with E-state index in [-0.39, 0.29) is 12.3 Å². The van der Waals surface area contributed by atoms with Crippen LogP contribution >= 0.6 is 11.8 Å². The molecule has 1 saturated heterocycles. The summed E-state index contributed by atoms with van der Waals surface area (Å²) in [5.41, 5.74) is 2.71. The molecule has 0 saturated carbocycles. The lowest BCUT2D eigenvalue weighted by atomic mass is 9.92. The van der Waals surface area contributed by atoms with Gasteiger partial charge in [0.1, 0.15) is 5.75 Å². The smallest absolute Gasteiger partial charge is 0.325 e. The molecule has 0 aliphatic carbocycles. The van der Waals surface area contributed by atoms with E-state index in [1.54, 1.807) is 12.0 Å². The lowest BCUT2D eigenvalue weighted by Crippen LogP contribution is -2.42. The Hall–Kier alpha value is -3.25. The normalized spacial score (nSPS) is 20.3. The van der Waals surface area contributed by atoms with Crippen molar-refractivity contribution in [2.24, 2.45) is 0 Å². The van der Waals surface area contributed by atoms with Gasteiger partial charge in [-0.3, -0.25) is 9.59 Å². The third-order valence-corrected chi connectivity index (χ3v) is 7.11. The van der Waals surface area contributed by atoms with Gasteiger partial charge in [-0.05, 0) is 48.9 Å². The number of thioether (sulfide) groups is 1. The fourth-order valence-electron chi connectivity index (χ4n) is 4.16. The zero-order valence-electron chi connectivity index (χ0n) is 18.3. The third kappa shape index (κ3) is 3.98. The second-order valence-electron chi connectivity index (χ2n) is 7.75. The zero-order chi connectivity index (χ0) is 22.7. The predicted octanol–water partition coefficient (Wildman–Crippen LogP) is 5.19. The van der Waals surface area contributed by atoms with Crippen LogP contribution in [0.3, 0.4) is 0 Å². The van der Waals surface area contributed by atoms with Crippen LogP contribution < -0.4 is 9.64 Å². The van der Waals surface area contributed by atoms with E-state index in [0.717, 1.165) is 16.0 Å². The summed E-state index contributed by atoms with van der Waals surface area (Å²) in [6.45, 7) is 2.02. The molecule has 1 aliphatic rings. The average Bonchev–Trinajstić information content (AvgIpc) is 3.13. The number of esters is 1. The Labute approximate surface area is 192 Å². The zero-order valence-corrected chi connectivity index (χ0v) is 19.1. The van der Waals surface area contributed by atoms with Crippen LogP contribution in [-0.2, 0) is 14.3 Å². The summed E-state index contributed by atoms with van der Waals surface area (Å²) in [6.07, 6.45) is 0.0316. The maximum Gasteiger partial charge on any atom is 0.325 e. The van der Waals surface area contributed by atoms with Gasteiger partial charge >= 0.3 is 5.97 Å². The summed E-state index contributed by atoms with van der Waals surface area (Å²) < 4.78 is 9.43. The van der Waals surface area contributed by atoms with Crippen LogP contribution in [0, 0.1) is 6.92 Å². The molecule has 1 amide bonds. The van der Waals surface area contributed by atoms with Crippen LogP contribution in [0.1, 0.15) is 23.6 Å². The number of carbonyl (C=O) groups excluding carboxylic acids is 2. The number of rotatable bonds is 6. The molecule has 3 aromatic rings. The van der Waals surface area contributed by atoms with Gasteiger partial charge in [0.05, 0.1) is 26.7 Å². The first-order chi connectivity index (χ1) is 15.5. The molecule has 1 aliphatic heterocycles. The van der Waals surface area contributed by atoms with Crippen LogP contribution in [-0.4, -0.2) is 30.8 Å². The summed E-state index contributed by atoms with van der Waals surface area (Å²) in [6, 6.07) is 24.4. The Balaban J connectivity index is 1.87. The first-order valence-electron chi connectivity index (χ1n) is 10.3. The van der Waals surface area contributed by atoms with E-state index in [4.69, 9.17) is 9.47 Å². The van der Waals surface area contributed by atoms with Crippen LogP contribution in [0.2, 0.25) is 0 Å². The molecule has 0 aromatic heterocycles. The number of anilines is 1. The topological polar surface area (TPSA) is 55.8 Å². The van der Waals surface area contributed by atoms with Crippen molar-refractivity contribution >= 4 is 29.3 Å². The fraction of sp³-hybridized carbons (Fsp3) is 0.231. The second-order valence-corrected chi connectivity index (χ2v) is 9.15. The Morgan fingerprint density at radius 2 is 1.62 bits per heavy atom. The molecule has 0 N–H and O–H groups in total. The largest absolute Gasteiger partial charge is 0.497 e. The van der Waals surface area contributed by atoms with Crippen LogP contribution in [0.25, 0.3) is 0 Å². The van der Waals surface area contributed by atoms with Gasteiger partial charge in [0.25, 0.3) is 0 Å². The predicted molar refractivity (Wildman–Crippen MR) is 126 cm³/mol. The maximum absolute atomic E-state index is 13.5. The highest BCUT2D eigenvalue weighted by molar-refractivity contribution is 8.01. The quantitative estimate of drug-likeness (QED) is 0.487. The molecule has 1 fully saturated rings. The molecule has 164 valence electrons. The van der Waals surface area contributed by atoms with Gasteiger partial charge < -0.3 is 14.4 Å². The Morgan fingerprint density at radius 3 is 2.22 bits per heavy atom. The second kappa shape index (κ2) is 9.09. The van der Waals surface area contributed by atoms with Gasteiger partial charge in [0.15, 0.2) is 4.75 Å². The summed E-state index contributed by atoms with van der Waals surface area (Å²) in [5.74, 6) is 0.153. The van der Waals surface area contributed by atoms with Crippen molar-refractivity contribution in [2.45, 2.75) is 29.0 Å². The fourth-order valence-corrected chi connectivity index (χ4v) is 5.56. The molecule has 4 rings (SSSR count). The van der Waals surface area contributed by atoms with Crippen LogP contribution in [0.15, 0.2) is 83.8 Å². The Kier molecular flexibility index (Phi) is 6.24. The van der Waals surface area contributed by atoms with E-state index in [9.17, 15) is 9.59 Å². The molecule has 3 aromatic carbocycles. The number of hydrogen-bond acceptors (Lipinski definition) is 5. The van der Waals surface area contributed by atoms with Gasteiger partial charge in [-0.25, -0.2) is 0 Å². The molecule has 0 radical (unpaired) electrons. The average molecular weight is 448 g/mol. The van der Waals surface area contributed by atoms with E-state index >= 15 is 0 Å². The number of ether oxygens (including phenoxy) is 2. The first kappa shape index (κ1) is 22.0. The number of amides is 1. The van der Waals surface area contributed by atoms with E-state index in [1.165, 1.54) is 18.9 Å². The number of hydrogen-bond donors (Lipinski definition) is 0. The summed E-state index contributed by atoms with van der Waals surface area (Å²) in [5, 5.41) is 0. The van der Waals surface area contributed by atoms with E-state index in [2.05, 4.69) is 0 Å². The number of carbonyl (C=O) groups is 2. The number of methoxy groups -OCH3 is 2. The minimum absolute atomic E-state index is 0.0316. The molecule has 0 spiro atoms. The first-order valence-corrected chi connectivity index (χ1v) is 11.2. The Morgan fingerprint density at radius 1 is 0.969 bits per heavy atom.